The molecule has 0 saturated carbocycles. The second kappa shape index (κ2) is 8.01. The van der Waals surface area contributed by atoms with Crippen LogP contribution in [0.5, 0.6) is 0 Å². The van der Waals surface area contributed by atoms with Crippen LogP contribution in [-0.2, 0) is 4.74 Å². The molecule has 4 nitrogen and oxygen atoms in total. The molecule has 0 aromatic heterocycles. The smallest absolute Gasteiger partial charge is 0.0918 e. The van der Waals surface area contributed by atoms with Crippen molar-refractivity contribution >= 4 is 5.84 Å². The van der Waals surface area contributed by atoms with Gasteiger partial charge in [0, 0.05) is 26.1 Å². The molecule has 0 amide bonds. The maximum absolute atomic E-state index is 7.10. The molecule has 4 heteroatoms. The molecule has 0 aliphatic rings. The third kappa shape index (κ3) is 7.74. The highest BCUT2D eigenvalue weighted by Crippen LogP contribution is 1.91. The van der Waals surface area contributed by atoms with Crippen LogP contribution >= 0.6 is 0 Å². The highest BCUT2D eigenvalue weighted by atomic mass is 16.5. The molecule has 13 heavy (non-hydrogen) atoms. The largest absolute Gasteiger partial charge is 0.388 e. The quantitative estimate of drug-likeness (QED) is 0.333. The van der Waals surface area contributed by atoms with Crippen LogP contribution in [0, 0.1) is 5.41 Å². The third-order valence-electron chi connectivity index (χ3n) is 1.90. The van der Waals surface area contributed by atoms with Crippen molar-refractivity contribution in [2.75, 3.05) is 32.8 Å². The molecule has 0 fully saturated rings. The molecule has 0 rings (SSSR count). The number of rotatable bonds is 8. The SMILES string of the molecule is CCOCCN(CC)CCC(=N)N. The topological polar surface area (TPSA) is 62.3 Å². The van der Waals surface area contributed by atoms with Gasteiger partial charge in [-0.3, -0.25) is 5.41 Å². The van der Waals surface area contributed by atoms with Crippen LogP contribution in [0.2, 0.25) is 0 Å². The zero-order chi connectivity index (χ0) is 10.1. The number of nitrogens with two attached hydrogens (primary N) is 1. The average Bonchev–Trinajstić information content (AvgIpc) is 2.10. The molecule has 0 aliphatic carbocycles. The Hall–Kier alpha value is -0.610. The first kappa shape index (κ1) is 12.4. The maximum Gasteiger partial charge on any atom is 0.0918 e. The van der Waals surface area contributed by atoms with Gasteiger partial charge in [-0.25, -0.2) is 0 Å². The lowest BCUT2D eigenvalue weighted by Gasteiger charge is -2.19. The first-order valence-corrected chi connectivity index (χ1v) is 4.83. The lowest BCUT2D eigenvalue weighted by atomic mass is 10.3. The molecule has 0 saturated heterocycles. The molecule has 0 aromatic rings. The Balaban J connectivity index is 3.45. The summed E-state index contributed by atoms with van der Waals surface area (Å²) in [5, 5.41) is 7.10. The van der Waals surface area contributed by atoms with Crippen molar-refractivity contribution in [2.45, 2.75) is 20.3 Å². The molecule has 0 atom stereocenters. The van der Waals surface area contributed by atoms with Gasteiger partial charge in [0.15, 0.2) is 0 Å². The first-order valence-electron chi connectivity index (χ1n) is 4.83. The summed E-state index contributed by atoms with van der Waals surface area (Å²) in [6, 6.07) is 0. The summed E-state index contributed by atoms with van der Waals surface area (Å²) < 4.78 is 5.25. The fraction of sp³-hybridized carbons (Fsp3) is 0.889. The van der Waals surface area contributed by atoms with E-state index in [1.807, 2.05) is 6.92 Å². The molecule has 0 aromatic carbocycles. The molecule has 3 N–H and O–H groups in total. The summed E-state index contributed by atoms with van der Waals surface area (Å²) in [4.78, 5) is 2.23. The number of likely N-dealkylation sites (N-methyl/N-ethyl adjacent to an activating group) is 1. The lowest BCUT2D eigenvalue weighted by Crippen LogP contribution is -2.30. The number of ether oxygens (including phenoxy) is 1. The summed E-state index contributed by atoms with van der Waals surface area (Å²) in [6.07, 6.45) is 0.653. The van der Waals surface area contributed by atoms with Gasteiger partial charge in [0.2, 0.25) is 0 Å². The zero-order valence-electron chi connectivity index (χ0n) is 8.68. The Labute approximate surface area is 80.6 Å². The normalized spacial score (nSPS) is 10.7. The predicted octanol–water partition coefficient (Wildman–Crippen LogP) is 0.671. The van der Waals surface area contributed by atoms with Crippen LogP contribution in [-0.4, -0.2) is 43.6 Å². The second-order valence-corrected chi connectivity index (χ2v) is 2.91. The Morgan fingerprint density at radius 2 is 2.08 bits per heavy atom. The minimum atomic E-state index is 0.259. The van der Waals surface area contributed by atoms with Gasteiger partial charge in [0.1, 0.15) is 0 Å². The molecule has 0 aliphatic heterocycles. The van der Waals surface area contributed by atoms with Crippen molar-refractivity contribution in [3.63, 3.8) is 0 Å². The lowest BCUT2D eigenvalue weighted by molar-refractivity contribution is 0.116. The number of nitrogens with zero attached hydrogens (tertiary/aromatic N) is 1. The molecule has 0 radical (unpaired) electrons. The molecule has 0 bridgehead atoms. The van der Waals surface area contributed by atoms with Gasteiger partial charge in [0.05, 0.1) is 12.4 Å². The molecular formula is C9H21N3O. The molecule has 0 spiro atoms. The highest BCUT2D eigenvalue weighted by Gasteiger charge is 2.01. The summed E-state index contributed by atoms with van der Waals surface area (Å²) in [5.41, 5.74) is 5.28. The van der Waals surface area contributed by atoms with E-state index < -0.39 is 0 Å². The Kier molecular flexibility index (Phi) is 7.63. The van der Waals surface area contributed by atoms with Gasteiger partial charge < -0.3 is 15.4 Å². The van der Waals surface area contributed by atoms with E-state index in [1.54, 1.807) is 0 Å². The fourth-order valence-corrected chi connectivity index (χ4v) is 1.04. The summed E-state index contributed by atoms with van der Waals surface area (Å²) in [6.45, 7) is 8.40. The van der Waals surface area contributed by atoms with Crippen molar-refractivity contribution < 1.29 is 4.74 Å². The molecule has 78 valence electrons. The number of amidine groups is 1. The van der Waals surface area contributed by atoms with Gasteiger partial charge in [-0.2, -0.15) is 0 Å². The van der Waals surface area contributed by atoms with E-state index in [4.69, 9.17) is 15.9 Å². The maximum atomic E-state index is 7.10. The van der Waals surface area contributed by atoms with E-state index in [0.29, 0.717) is 6.42 Å². The van der Waals surface area contributed by atoms with Crippen LogP contribution in [0.4, 0.5) is 0 Å². The van der Waals surface area contributed by atoms with Gasteiger partial charge in [0.25, 0.3) is 0 Å². The van der Waals surface area contributed by atoms with Crippen LogP contribution in [0.1, 0.15) is 20.3 Å². The van der Waals surface area contributed by atoms with Crippen LogP contribution in [0.3, 0.4) is 0 Å². The Morgan fingerprint density at radius 1 is 1.38 bits per heavy atom. The van der Waals surface area contributed by atoms with Gasteiger partial charge in [-0.1, -0.05) is 6.92 Å². The molecule has 0 unspecified atom stereocenters. The Bertz CT molecular complexity index is 139. The van der Waals surface area contributed by atoms with E-state index in [-0.39, 0.29) is 5.84 Å². The van der Waals surface area contributed by atoms with Crippen LogP contribution in [0.15, 0.2) is 0 Å². The summed E-state index contributed by atoms with van der Waals surface area (Å²) >= 11 is 0. The number of nitrogens with one attached hydrogen (secondary N) is 1. The monoisotopic (exact) mass is 187 g/mol. The van der Waals surface area contributed by atoms with E-state index in [9.17, 15) is 0 Å². The minimum Gasteiger partial charge on any atom is -0.388 e. The van der Waals surface area contributed by atoms with E-state index >= 15 is 0 Å². The van der Waals surface area contributed by atoms with Gasteiger partial charge >= 0.3 is 0 Å². The van der Waals surface area contributed by atoms with E-state index in [0.717, 1.165) is 32.8 Å². The predicted molar refractivity (Wildman–Crippen MR) is 55.1 cm³/mol. The van der Waals surface area contributed by atoms with Crippen molar-refractivity contribution in [1.29, 1.82) is 5.41 Å². The van der Waals surface area contributed by atoms with Crippen LogP contribution in [0.25, 0.3) is 0 Å². The van der Waals surface area contributed by atoms with Crippen molar-refractivity contribution in [1.82, 2.24) is 4.90 Å². The average molecular weight is 187 g/mol. The van der Waals surface area contributed by atoms with Crippen molar-refractivity contribution in [3.05, 3.63) is 0 Å². The fourth-order valence-electron chi connectivity index (χ4n) is 1.04. The summed E-state index contributed by atoms with van der Waals surface area (Å²) in [7, 11) is 0. The standard InChI is InChI=1S/C9H21N3O/c1-3-12(6-5-9(10)11)7-8-13-4-2/h3-8H2,1-2H3,(H3,10,11). The molecule has 0 heterocycles. The third-order valence-corrected chi connectivity index (χ3v) is 1.90. The number of hydrogen-bond acceptors (Lipinski definition) is 3. The van der Waals surface area contributed by atoms with Gasteiger partial charge in [-0.15, -0.1) is 0 Å². The highest BCUT2D eigenvalue weighted by molar-refractivity contribution is 5.76. The second-order valence-electron chi connectivity index (χ2n) is 2.91. The zero-order valence-corrected chi connectivity index (χ0v) is 8.68. The molecular weight excluding hydrogens is 166 g/mol. The van der Waals surface area contributed by atoms with Crippen molar-refractivity contribution in [3.8, 4) is 0 Å². The van der Waals surface area contributed by atoms with Gasteiger partial charge in [-0.05, 0) is 13.5 Å². The number of hydrogen-bond donors (Lipinski definition) is 2. The first-order chi connectivity index (χ1) is 6.20. The van der Waals surface area contributed by atoms with E-state index in [1.165, 1.54) is 0 Å². The van der Waals surface area contributed by atoms with Crippen LogP contribution < -0.4 is 5.73 Å². The van der Waals surface area contributed by atoms with Crippen molar-refractivity contribution in [2.24, 2.45) is 5.73 Å². The minimum absolute atomic E-state index is 0.259. The summed E-state index contributed by atoms with van der Waals surface area (Å²) in [5.74, 6) is 0.259. The Morgan fingerprint density at radius 3 is 2.54 bits per heavy atom. The van der Waals surface area contributed by atoms with E-state index in [2.05, 4.69) is 11.8 Å².